The van der Waals surface area contributed by atoms with Gasteiger partial charge in [-0.1, -0.05) is 34.1 Å². The Morgan fingerprint density at radius 2 is 1.77 bits per heavy atom. The first kappa shape index (κ1) is 35.8. The fourth-order valence-corrected chi connectivity index (χ4v) is 5.67. The van der Waals surface area contributed by atoms with Crippen LogP contribution in [0.25, 0.3) is 0 Å². The van der Waals surface area contributed by atoms with E-state index in [1.54, 1.807) is 31.3 Å². The lowest BCUT2D eigenvalue weighted by Gasteiger charge is -2.28. The molecule has 4 N–H and O–H groups in total. The van der Waals surface area contributed by atoms with Crippen molar-refractivity contribution in [1.29, 1.82) is 0 Å². The van der Waals surface area contributed by atoms with Gasteiger partial charge in [0.15, 0.2) is 29.2 Å². The average Bonchev–Trinajstić information content (AvgIpc) is 3.04. The standard InChI is InChI=1S/C33H36BrIN4O8/c1-5-44-26-15-22(30-29(32(41)43-4)19(3)37-33(42)38-30)9-12-25(26)46-18-28(40)39-36-16-21-13-24(35)31(27(14-21)45-6-2)47-17-20-7-10-23(34)11-8-20/h7-16,28,30,39-40H,5-6,17-18H2,1-4H3,(H2,37,38,42)/b36-16-/t28-,30+/m1/s1. The van der Waals surface area contributed by atoms with Gasteiger partial charge in [-0.15, -0.1) is 0 Å². The molecule has 0 radical (unpaired) electrons. The number of aliphatic hydroxyl groups is 1. The van der Waals surface area contributed by atoms with E-state index in [1.807, 2.05) is 50.2 Å². The molecule has 1 aliphatic heterocycles. The molecule has 250 valence electrons. The quantitative estimate of drug-likeness (QED) is 0.0509. The molecule has 0 aliphatic carbocycles. The van der Waals surface area contributed by atoms with Crippen LogP contribution in [-0.2, 0) is 16.1 Å². The Balaban J connectivity index is 1.40. The van der Waals surface area contributed by atoms with E-state index in [0.717, 1.165) is 19.2 Å². The van der Waals surface area contributed by atoms with Crippen LogP contribution < -0.4 is 35.0 Å². The summed E-state index contributed by atoms with van der Waals surface area (Å²) < 4.78 is 30.3. The van der Waals surface area contributed by atoms with Gasteiger partial charge in [0.05, 0.1) is 41.7 Å². The zero-order valence-corrected chi connectivity index (χ0v) is 30.0. The maximum absolute atomic E-state index is 12.5. The summed E-state index contributed by atoms with van der Waals surface area (Å²) in [5.41, 5.74) is 5.67. The van der Waals surface area contributed by atoms with Crippen LogP contribution >= 0.6 is 38.5 Å². The summed E-state index contributed by atoms with van der Waals surface area (Å²) in [5, 5.41) is 20.0. The number of halogens is 2. The second kappa shape index (κ2) is 17.2. The van der Waals surface area contributed by atoms with Crippen molar-refractivity contribution in [3.63, 3.8) is 0 Å². The number of aliphatic hydroxyl groups excluding tert-OH is 1. The van der Waals surface area contributed by atoms with Gasteiger partial charge in [0.1, 0.15) is 13.2 Å². The summed E-state index contributed by atoms with van der Waals surface area (Å²) in [4.78, 5) is 24.7. The number of carbonyl (C=O) groups excluding carboxylic acids is 2. The number of hydrogen-bond donors (Lipinski definition) is 4. The molecule has 0 fully saturated rings. The van der Waals surface area contributed by atoms with Gasteiger partial charge in [-0.3, -0.25) is 5.43 Å². The van der Waals surface area contributed by atoms with Crippen LogP contribution in [0.1, 0.15) is 43.5 Å². The van der Waals surface area contributed by atoms with Crippen molar-refractivity contribution < 1.29 is 38.4 Å². The lowest BCUT2D eigenvalue weighted by Crippen LogP contribution is -2.45. The minimum atomic E-state index is -1.15. The predicted octanol–water partition coefficient (Wildman–Crippen LogP) is 5.55. The smallest absolute Gasteiger partial charge is 0.337 e. The Morgan fingerprint density at radius 1 is 1.04 bits per heavy atom. The normalized spacial score (nSPS) is 15.0. The third kappa shape index (κ3) is 9.74. The van der Waals surface area contributed by atoms with Crippen LogP contribution in [0, 0.1) is 3.57 Å². The van der Waals surface area contributed by atoms with Gasteiger partial charge < -0.3 is 39.4 Å². The first-order valence-electron chi connectivity index (χ1n) is 14.7. The number of carbonyl (C=O) groups is 2. The molecule has 3 aromatic carbocycles. The van der Waals surface area contributed by atoms with E-state index in [0.29, 0.717) is 54.1 Å². The highest BCUT2D eigenvalue weighted by molar-refractivity contribution is 14.1. The third-order valence-corrected chi connectivity index (χ3v) is 8.07. The predicted molar refractivity (Wildman–Crippen MR) is 188 cm³/mol. The number of nitrogens with one attached hydrogen (secondary N) is 3. The molecule has 0 aromatic heterocycles. The van der Waals surface area contributed by atoms with Gasteiger partial charge in [-0.05, 0) is 96.5 Å². The minimum Gasteiger partial charge on any atom is -0.490 e. The highest BCUT2D eigenvalue weighted by atomic mass is 127. The number of nitrogens with zero attached hydrogens (tertiary/aromatic N) is 1. The minimum absolute atomic E-state index is 0.155. The zero-order chi connectivity index (χ0) is 33.9. The molecule has 0 bridgehead atoms. The number of esters is 1. The molecule has 1 heterocycles. The van der Waals surface area contributed by atoms with Crippen LogP contribution in [0.3, 0.4) is 0 Å². The molecule has 12 nitrogen and oxygen atoms in total. The number of hydrazone groups is 1. The van der Waals surface area contributed by atoms with Crippen molar-refractivity contribution in [1.82, 2.24) is 16.1 Å². The van der Waals surface area contributed by atoms with Crippen molar-refractivity contribution in [3.8, 4) is 23.0 Å². The summed E-state index contributed by atoms with van der Waals surface area (Å²) in [6, 6.07) is 15.4. The lowest BCUT2D eigenvalue weighted by molar-refractivity contribution is -0.136. The molecule has 2 atom stereocenters. The topological polar surface area (TPSA) is 149 Å². The van der Waals surface area contributed by atoms with Crippen molar-refractivity contribution in [3.05, 3.63) is 90.6 Å². The SMILES string of the molecule is CCOc1cc([C@@H]2NC(=O)NC(C)=C2C(=O)OC)ccc1OC[C@@H](O)N/N=C\c1cc(I)c(OCc2ccc(Br)cc2)c(OCC)c1. The third-order valence-electron chi connectivity index (χ3n) is 6.74. The highest BCUT2D eigenvalue weighted by Crippen LogP contribution is 2.36. The molecule has 47 heavy (non-hydrogen) atoms. The van der Waals surface area contributed by atoms with Crippen LogP contribution in [-0.4, -0.2) is 56.5 Å². The summed E-state index contributed by atoms with van der Waals surface area (Å²) in [6.07, 6.45) is 0.411. The lowest BCUT2D eigenvalue weighted by atomic mass is 9.95. The maximum Gasteiger partial charge on any atom is 0.337 e. The number of allylic oxidation sites excluding steroid dienone is 1. The second-order valence-electron chi connectivity index (χ2n) is 10.1. The summed E-state index contributed by atoms with van der Waals surface area (Å²) in [6.45, 7) is 6.37. The first-order valence-corrected chi connectivity index (χ1v) is 16.6. The fourth-order valence-electron chi connectivity index (χ4n) is 4.62. The van der Waals surface area contributed by atoms with Crippen LogP contribution in [0.5, 0.6) is 23.0 Å². The summed E-state index contributed by atoms with van der Waals surface area (Å²) >= 11 is 5.64. The molecule has 0 spiro atoms. The second-order valence-corrected chi connectivity index (χ2v) is 12.2. The number of benzene rings is 3. The molecule has 14 heteroatoms. The van der Waals surface area contributed by atoms with Gasteiger partial charge in [0, 0.05) is 10.2 Å². The van der Waals surface area contributed by atoms with Gasteiger partial charge in [0.25, 0.3) is 0 Å². The van der Waals surface area contributed by atoms with Crippen LogP contribution in [0.2, 0.25) is 0 Å². The molecule has 1 aliphatic rings. The van der Waals surface area contributed by atoms with E-state index < -0.39 is 24.3 Å². The molecule has 2 amide bonds. The van der Waals surface area contributed by atoms with Crippen LogP contribution in [0.4, 0.5) is 4.79 Å². The first-order chi connectivity index (χ1) is 22.6. The Kier molecular flexibility index (Phi) is 13.1. The van der Waals surface area contributed by atoms with Crippen molar-refractivity contribution in [2.75, 3.05) is 26.9 Å². The number of urea groups is 1. The number of hydrogen-bond acceptors (Lipinski definition) is 10. The molecule has 0 saturated carbocycles. The number of ether oxygens (including phenoxy) is 5. The number of amides is 2. The molecular weight excluding hydrogens is 787 g/mol. The van der Waals surface area contributed by atoms with Crippen LogP contribution in [0.15, 0.2) is 75.4 Å². The van der Waals surface area contributed by atoms with Crippen molar-refractivity contribution >= 4 is 56.7 Å². The van der Waals surface area contributed by atoms with E-state index in [2.05, 4.69) is 59.7 Å². The van der Waals surface area contributed by atoms with E-state index in [1.165, 1.54) is 7.11 Å². The summed E-state index contributed by atoms with van der Waals surface area (Å²) in [7, 11) is 1.28. The zero-order valence-electron chi connectivity index (χ0n) is 26.3. The maximum atomic E-state index is 12.5. The molecule has 0 saturated heterocycles. The largest absolute Gasteiger partial charge is 0.490 e. The monoisotopic (exact) mass is 822 g/mol. The van der Waals surface area contributed by atoms with Gasteiger partial charge in [-0.25, -0.2) is 9.59 Å². The summed E-state index contributed by atoms with van der Waals surface area (Å²) in [5.74, 6) is 1.38. The molecule has 3 aromatic rings. The molecule has 4 rings (SSSR count). The number of rotatable bonds is 15. The Bertz CT molecular complexity index is 1630. The highest BCUT2D eigenvalue weighted by Gasteiger charge is 2.32. The van der Waals surface area contributed by atoms with Crippen molar-refractivity contribution in [2.45, 2.75) is 39.6 Å². The van der Waals surface area contributed by atoms with E-state index in [9.17, 15) is 14.7 Å². The number of methoxy groups -OCH3 is 1. The van der Waals surface area contributed by atoms with E-state index in [4.69, 9.17) is 23.7 Å². The fraction of sp³-hybridized carbons (Fsp3) is 0.303. The molecule has 0 unspecified atom stereocenters. The average molecular weight is 823 g/mol. The van der Waals surface area contributed by atoms with Gasteiger partial charge >= 0.3 is 12.0 Å². The Hall–Kier alpha value is -4.02. The van der Waals surface area contributed by atoms with Gasteiger partial charge in [-0.2, -0.15) is 5.10 Å². The molecular formula is C33H36BrIN4O8. The van der Waals surface area contributed by atoms with E-state index in [-0.39, 0.29) is 12.2 Å². The van der Waals surface area contributed by atoms with E-state index >= 15 is 0 Å². The van der Waals surface area contributed by atoms with Crippen molar-refractivity contribution in [2.24, 2.45) is 5.10 Å². The Morgan fingerprint density at radius 3 is 2.47 bits per heavy atom. The van der Waals surface area contributed by atoms with Gasteiger partial charge in [0.2, 0.25) is 0 Å². The Labute approximate surface area is 295 Å².